The van der Waals surface area contributed by atoms with Crippen molar-refractivity contribution in [2.24, 2.45) is 0 Å². The van der Waals surface area contributed by atoms with Crippen molar-refractivity contribution in [2.45, 2.75) is 4.90 Å². The highest BCUT2D eigenvalue weighted by Gasteiger charge is 2.17. The monoisotopic (exact) mass is 450 g/mol. The summed E-state index contributed by atoms with van der Waals surface area (Å²) in [7, 11) is -0.603. The largest absolute Gasteiger partial charge is 0.481 e. The summed E-state index contributed by atoms with van der Waals surface area (Å²) in [6.07, 6.45) is 0. The van der Waals surface area contributed by atoms with Gasteiger partial charge in [0.05, 0.1) is 11.4 Å². The van der Waals surface area contributed by atoms with Crippen LogP contribution in [0.1, 0.15) is 10.4 Å². The second kappa shape index (κ2) is 9.55. The van der Waals surface area contributed by atoms with Crippen molar-refractivity contribution in [3.63, 3.8) is 0 Å². The Labute approximate surface area is 167 Å². The van der Waals surface area contributed by atoms with E-state index >= 15 is 0 Å². The molecule has 0 heterocycles. The standard InChI is InChI=1S/C19H19BrN2O4S/c1-22(2)27(24,25)18-10-8-15(9-11-18)19(23)21-12-3-4-13-26-17-7-5-6-16(20)14-17/h5-11,14H,12-13H2,1-2H3,(H,21,23). The molecule has 0 aliphatic carbocycles. The number of halogens is 1. The fourth-order valence-corrected chi connectivity index (χ4v) is 3.29. The highest BCUT2D eigenvalue weighted by molar-refractivity contribution is 9.10. The van der Waals surface area contributed by atoms with Crippen LogP contribution in [-0.2, 0) is 10.0 Å². The number of nitrogens with one attached hydrogen (secondary N) is 1. The number of ether oxygens (including phenoxy) is 1. The minimum atomic E-state index is -3.51. The molecule has 0 aliphatic rings. The van der Waals surface area contributed by atoms with E-state index in [4.69, 9.17) is 4.74 Å². The van der Waals surface area contributed by atoms with Crippen LogP contribution in [0.2, 0.25) is 0 Å². The highest BCUT2D eigenvalue weighted by atomic mass is 79.9. The molecular weight excluding hydrogens is 432 g/mol. The van der Waals surface area contributed by atoms with Crippen molar-refractivity contribution in [2.75, 3.05) is 27.2 Å². The SMILES string of the molecule is CN(C)S(=O)(=O)c1ccc(C(=O)NCC#CCOc2cccc(Br)c2)cc1. The maximum atomic E-state index is 12.1. The van der Waals surface area contributed by atoms with Gasteiger partial charge < -0.3 is 10.1 Å². The Hall–Kier alpha value is -2.34. The number of rotatable bonds is 6. The molecule has 142 valence electrons. The summed E-state index contributed by atoms with van der Waals surface area (Å²) >= 11 is 3.36. The van der Waals surface area contributed by atoms with Crippen LogP contribution in [0, 0.1) is 11.8 Å². The number of hydrogen-bond acceptors (Lipinski definition) is 4. The molecule has 2 aromatic rings. The summed E-state index contributed by atoms with van der Waals surface area (Å²) in [6, 6.07) is 13.2. The lowest BCUT2D eigenvalue weighted by Gasteiger charge is -2.11. The van der Waals surface area contributed by atoms with E-state index in [2.05, 4.69) is 33.1 Å². The molecule has 0 atom stereocenters. The number of hydrogen-bond donors (Lipinski definition) is 1. The van der Waals surface area contributed by atoms with Gasteiger partial charge in [0.25, 0.3) is 5.91 Å². The molecule has 0 aromatic heterocycles. The molecule has 27 heavy (non-hydrogen) atoms. The van der Waals surface area contributed by atoms with Crippen LogP contribution in [0.15, 0.2) is 57.9 Å². The van der Waals surface area contributed by atoms with Gasteiger partial charge in [-0.15, -0.1) is 0 Å². The van der Waals surface area contributed by atoms with E-state index in [0.717, 1.165) is 8.78 Å². The van der Waals surface area contributed by atoms with E-state index in [9.17, 15) is 13.2 Å². The summed E-state index contributed by atoms with van der Waals surface area (Å²) in [4.78, 5) is 12.2. The fraction of sp³-hybridized carbons (Fsp3) is 0.211. The number of amides is 1. The van der Waals surface area contributed by atoms with Gasteiger partial charge in [0.2, 0.25) is 10.0 Å². The number of nitrogens with zero attached hydrogens (tertiary/aromatic N) is 1. The molecule has 8 heteroatoms. The molecule has 1 N–H and O–H groups in total. The van der Waals surface area contributed by atoms with Crippen molar-refractivity contribution in [3.8, 4) is 17.6 Å². The van der Waals surface area contributed by atoms with Gasteiger partial charge in [-0.25, -0.2) is 12.7 Å². The third-order valence-corrected chi connectivity index (χ3v) is 5.79. The minimum Gasteiger partial charge on any atom is -0.481 e. The Morgan fingerprint density at radius 2 is 1.85 bits per heavy atom. The second-order valence-electron chi connectivity index (χ2n) is 5.59. The molecule has 2 aromatic carbocycles. The average molecular weight is 451 g/mol. The molecule has 2 rings (SSSR count). The number of carbonyl (C=O) groups is 1. The van der Waals surface area contributed by atoms with E-state index in [1.54, 1.807) is 0 Å². The van der Waals surface area contributed by atoms with Gasteiger partial charge in [0.1, 0.15) is 12.4 Å². The molecule has 0 bridgehead atoms. The lowest BCUT2D eigenvalue weighted by molar-refractivity contribution is 0.0958. The maximum absolute atomic E-state index is 12.1. The first-order valence-electron chi connectivity index (χ1n) is 7.95. The van der Waals surface area contributed by atoms with Crippen LogP contribution >= 0.6 is 15.9 Å². The third kappa shape index (κ3) is 6.10. The van der Waals surface area contributed by atoms with E-state index in [-0.39, 0.29) is 24.0 Å². The van der Waals surface area contributed by atoms with Crippen molar-refractivity contribution >= 4 is 31.9 Å². The first-order chi connectivity index (χ1) is 12.8. The molecule has 6 nitrogen and oxygen atoms in total. The molecule has 0 radical (unpaired) electrons. The minimum absolute atomic E-state index is 0.133. The lowest BCUT2D eigenvalue weighted by Crippen LogP contribution is -2.24. The van der Waals surface area contributed by atoms with E-state index in [0.29, 0.717) is 11.3 Å². The molecule has 1 amide bonds. The number of carbonyl (C=O) groups excluding carboxylic acids is 1. The number of sulfonamides is 1. The fourth-order valence-electron chi connectivity index (χ4n) is 2.01. The summed E-state index contributed by atoms with van der Waals surface area (Å²) in [5.41, 5.74) is 0.361. The predicted molar refractivity (Wildman–Crippen MR) is 107 cm³/mol. The summed E-state index contributed by atoms with van der Waals surface area (Å²) in [5, 5.41) is 2.65. The van der Waals surface area contributed by atoms with Gasteiger partial charge in [0, 0.05) is 24.1 Å². The summed E-state index contributed by atoms with van der Waals surface area (Å²) in [6.45, 7) is 0.377. The van der Waals surface area contributed by atoms with E-state index in [1.165, 1.54) is 38.4 Å². The molecule has 0 fully saturated rings. The zero-order valence-corrected chi connectivity index (χ0v) is 17.3. The topological polar surface area (TPSA) is 75.7 Å². The van der Waals surface area contributed by atoms with Crippen molar-refractivity contribution in [3.05, 3.63) is 58.6 Å². The quantitative estimate of drug-likeness (QED) is 0.685. The second-order valence-corrected chi connectivity index (χ2v) is 8.66. The smallest absolute Gasteiger partial charge is 0.252 e. The Kier molecular flexibility index (Phi) is 7.42. The Morgan fingerprint density at radius 1 is 1.15 bits per heavy atom. The van der Waals surface area contributed by atoms with E-state index in [1.807, 2.05) is 24.3 Å². The molecule has 0 saturated heterocycles. The number of benzene rings is 2. The first-order valence-corrected chi connectivity index (χ1v) is 10.2. The molecular formula is C19H19BrN2O4S. The van der Waals surface area contributed by atoms with Crippen molar-refractivity contribution < 1.29 is 17.9 Å². The summed E-state index contributed by atoms with van der Waals surface area (Å²) in [5.74, 6) is 5.99. The predicted octanol–water partition coefficient (Wildman–Crippen LogP) is 2.51. The Bertz CT molecular complexity index is 961. The van der Waals surface area contributed by atoms with Gasteiger partial charge in [-0.1, -0.05) is 33.8 Å². The first kappa shape index (κ1) is 21.0. The van der Waals surface area contributed by atoms with Crippen molar-refractivity contribution in [1.29, 1.82) is 0 Å². The Morgan fingerprint density at radius 3 is 2.48 bits per heavy atom. The molecule has 0 spiro atoms. The molecule has 0 saturated carbocycles. The maximum Gasteiger partial charge on any atom is 0.252 e. The highest BCUT2D eigenvalue weighted by Crippen LogP contribution is 2.17. The van der Waals surface area contributed by atoms with Crippen LogP contribution in [-0.4, -0.2) is 45.9 Å². The summed E-state index contributed by atoms with van der Waals surface area (Å²) < 4.78 is 31.5. The van der Waals surface area contributed by atoms with Gasteiger partial charge in [-0.3, -0.25) is 4.79 Å². The molecule has 0 aliphatic heterocycles. The van der Waals surface area contributed by atoms with Gasteiger partial charge >= 0.3 is 0 Å². The van der Waals surface area contributed by atoms with Gasteiger partial charge in [-0.2, -0.15) is 0 Å². The van der Waals surface area contributed by atoms with Crippen LogP contribution in [0.5, 0.6) is 5.75 Å². The normalized spacial score (nSPS) is 10.8. The lowest BCUT2D eigenvalue weighted by atomic mass is 10.2. The van der Waals surface area contributed by atoms with Crippen LogP contribution in [0.25, 0.3) is 0 Å². The zero-order chi connectivity index (χ0) is 19.9. The Balaban J connectivity index is 1.83. The van der Waals surface area contributed by atoms with Crippen molar-refractivity contribution in [1.82, 2.24) is 9.62 Å². The van der Waals surface area contributed by atoms with Crippen LogP contribution in [0.4, 0.5) is 0 Å². The van der Waals surface area contributed by atoms with Gasteiger partial charge in [0.15, 0.2) is 0 Å². The van der Waals surface area contributed by atoms with Crippen LogP contribution in [0.3, 0.4) is 0 Å². The molecule has 0 unspecified atom stereocenters. The third-order valence-electron chi connectivity index (χ3n) is 3.46. The van der Waals surface area contributed by atoms with Crippen LogP contribution < -0.4 is 10.1 Å². The van der Waals surface area contributed by atoms with E-state index < -0.39 is 10.0 Å². The van der Waals surface area contributed by atoms with Gasteiger partial charge in [-0.05, 0) is 42.5 Å². The average Bonchev–Trinajstić information content (AvgIpc) is 2.64. The zero-order valence-electron chi connectivity index (χ0n) is 14.9.